The molecular weight excluding hydrogens is 188 g/mol. The molecule has 15 heavy (non-hydrogen) atoms. The second-order valence-electron chi connectivity index (χ2n) is 4.76. The molecule has 1 aromatic rings. The minimum absolute atomic E-state index is 0.0374. The Hall–Kier alpha value is -1.45. The average Bonchev–Trinajstić information content (AvgIpc) is 2.45. The van der Waals surface area contributed by atoms with E-state index >= 15 is 0 Å². The summed E-state index contributed by atoms with van der Waals surface area (Å²) in [5.74, 6) is 0.492. The molecular formula is C11H20N4. The monoisotopic (exact) mass is 208 g/mol. The number of nitrogens with two attached hydrogens (primary N) is 1. The second-order valence-corrected chi connectivity index (χ2v) is 4.76. The molecule has 0 aliphatic carbocycles. The van der Waals surface area contributed by atoms with Crippen molar-refractivity contribution in [1.29, 1.82) is 0 Å². The van der Waals surface area contributed by atoms with Gasteiger partial charge in [-0.15, -0.1) is 0 Å². The van der Waals surface area contributed by atoms with Crippen molar-refractivity contribution < 1.29 is 0 Å². The van der Waals surface area contributed by atoms with Gasteiger partial charge in [-0.25, -0.2) is 4.99 Å². The van der Waals surface area contributed by atoms with Crippen LogP contribution in [-0.4, -0.2) is 16.1 Å². The lowest BCUT2D eigenvalue weighted by Crippen LogP contribution is -2.44. The van der Waals surface area contributed by atoms with E-state index in [0.717, 1.165) is 5.56 Å². The summed E-state index contributed by atoms with van der Waals surface area (Å²) in [6.07, 6.45) is 4.03. The Morgan fingerprint density at radius 2 is 2.20 bits per heavy atom. The topological polar surface area (TPSA) is 55.3 Å². The summed E-state index contributed by atoms with van der Waals surface area (Å²) < 4.78 is 2.00. The van der Waals surface area contributed by atoms with Gasteiger partial charge in [-0.3, -0.25) is 0 Å². The van der Waals surface area contributed by atoms with Crippen LogP contribution >= 0.6 is 0 Å². The lowest BCUT2D eigenvalue weighted by molar-refractivity contribution is 0.508. The number of aryl methyl sites for hydroxylation is 1. The SMILES string of the molecule is Cn1ccc(CN=C(N)NC(C)(C)C)c1. The van der Waals surface area contributed by atoms with Crippen LogP contribution in [0.5, 0.6) is 0 Å². The molecule has 0 aliphatic rings. The first-order chi connectivity index (χ1) is 6.87. The number of hydrogen-bond acceptors (Lipinski definition) is 1. The minimum atomic E-state index is -0.0374. The average molecular weight is 208 g/mol. The number of hydrogen-bond donors (Lipinski definition) is 2. The van der Waals surface area contributed by atoms with Crippen LogP contribution in [0.4, 0.5) is 0 Å². The maximum absolute atomic E-state index is 5.75. The molecule has 1 rings (SSSR count). The van der Waals surface area contributed by atoms with Crippen LogP contribution in [0.3, 0.4) is 0 Å². The fourth-order valence-corrected chi connectivity index (χ4v) is 1.25. The Balaban J connectivity index is 2.51. The normalized spacial score (nSPS) is 12.9. The number of guanidine groups is 1. The van der Waals surface area contributed by atoms with E-state index in [9.17, 15) is 0 Å². The second kappa shape index (κ2) is 4.38. The molecule has 1 aromatic heterocycles. The van der Waals surface area contributed by atoms with Gasteiger partial charge in [0, 0.05) is 25.0 Å². The molecule has 0 atom stereocenters. The van der Waals surface area contributed by atoms with Gasteiger partial charge >= 0.3 is 0 Å². The molecule has 0 saturated heterocycles. The third-order valence-electron chi connectivity index (χ3n) is 1.83. The quantitative estimate of drug-likeness (QED) is 0.567. The van der Waals surface area contributed by atoms with Crippen molar-refractivity contribution in [1.82, 2.24) is 9.88 Å². The third kappa shape index (κ3) is 4.54. The van der Waals surface area contributed by atoms with Gasteiger partial charge in [0.2, 0.25) is 0 Å². The summed E-state index contributed by atoms with van der Waals surface area (Å²) in [7, 11) is 1.99. The number of nitrogens with one attached hydrogen (secondary N) is 1. The highest BCUT2D eigenvalue weighted by Crippen LogP contribution is 2.02. The van der Waals surface area contributed by atoms with Gasteiger partial charge in [0.25, 0.3) is 0 Å². The van der Waals surface area contributed by atoms with Gasteiger partial charge in [-0.05, 0) is 32.4 Å². The fourth-order valence-electron chi connectivity index (χ4n) is 1.25. The molecule has 1 heterocycles. The maximum Gasteiger partial charge on any atom is 0.189 e. The van der Waals surface area contributed by atoms with Crippen molar-refractivity contribution >= 4 is 5.96 Å². The van der Waals surface area contributed by atoms with E-state index in [0.29, 0.717) is 12.5 Å². The molecule has 0 fully saturated rings. The highest BCUT2D eigenvalue weighted by Gasteiger charge is 2.09. The molecule has 0 bridgehead atoms. The van der Waals surface area contributed by atoms with E-state index < -0.39 is 0 Å². The fraction of sp³-hybridized carbons (Fsp3) is 0.545. The van der Waals surface area contributed by atoms with E-state index in [-0.39, 0.29) is 5.54 Å². The minimum Gasteiger partial charge on any atom is -0.370 e. The van der Waals surface area contributed by atoms with Crippen molar-refractivity contribution in [2.24, 2.45) is 17.8 Å². The Labute approximate surface area is 91.2 Å². The zero-order valence-electron chi connectivity index (χ0n) is 9.91. The molecule has 0 saturated carbocycles. The molecule has 0 aromatic carbocycles. The Morgan fingerprint density at radius 1 is 1.53 bits per heavy atom. The number of aliphatic imine (C=N–C) groups is 1. The highest BCUT2D eigenvalue weighted by atomic mass is 15.1. The van der Waals surface area contributed by atoms with Gasteiger partial charge < -0.3 is 15.6 Å². The first-order valence-corrected chi connectivity index (χ1v) is 5.06. The summed E-state index contributed by atoms with van der Waals surface area (Å²) >= 11 is 0. The van der Waals surface area contributed by atoms with Crippen LogP contribution in [0.2, 0.25) is 0 Å². The van der Waals surface area contributed by atoms with Crippen molar-refractivity contribution in [2.75, 3.05) is 0 Å². The summed E-state index contributed by atoms with van der Waals surface area (Å²) in [5, 5.41) is 3.12. The smallest absolute Gasteiger partial charge is 0.189 e. The zero-order chi connectivity index (χ0) is 11.5. The van der Waals surface area contributed by atoms with Gasteiger partial charge in [-0.2, -0.15) is 0 Å². The molecule has 0 aliphatic heterocycles. The molecule has 4 nitrogen and oxygen atoms in total. The lowest BCUT2D eigenvalue weighted by atomic mass is 10.1. The van der Waals surface area contributed by atoms with E-state index in [1.807, 2.05) is 30.1 Å². The van der Waals surface area contributed by atoms with Crippen molar-refractivity contribution in [2.45, 2.75) is 32.9 Å². The number of rotatable bonds is 2. The van der Waals surface area contributed by atoms with Crippen molar-refractivity contribution in [3.8, 4) is 0 Å². The van der Waals surface area contributed by atoms with Crippen LogP contribution in [0, 0.1) is 0 Å². The molecule has 4 heteroatoms. The number of nitrogens with zero attached hydrogens (tertiary/aromatic N) is 2. The summed E-state index contributed by atoms with van der Waals surface area (Å²) in [4.78, 5) is 4.26. The summed E-state index contributed by atoms with van der Waals surface area (Å²) in [6.45, 7) is 6.78. The van der Waals surface area contributed by atoms with Gasteiger partial charge in [0.15, 0.2) is 5.96 Å². The van der Waals surface area contributed by atoms with Crippen LogP contribution in [0.1, 0.15) is 26.3 Å². The molecule has 0 radical (unpaired) electrons. The van der Waals surface area contributed by atoms with E-state index in [1.165, 1.54) is 0 Å². The highest BCUT2D eigenvalue weighted by molar-refractivity contribution is 5.78. The maximum atomic E-state index is 5.75. The molecule has 84 valence electrons. The van der Waals surface area contributed by atoms with Gasteiger partial charge in [0.05, 0.1) is 6.54 Å². The Kier molecular flexibility index (Phi) is 3.39. The Morgan fingerprint density at radius 3 is 2.67 bits per heavy atom. The van der Waals surface area contributed by atoms with Crippen molar-refractivity contribution in [3.05, 3.63) is 24.0 Å². The lowest BCUT2D eigenvalue weighted by Gasteiger charge is -2.20. The van der Waals surface area contributed by atoms with Crippen molar-refractivity contribution in [3.63, 3.8) is 0 Å². The summed E-state index contributed by atoms with van der Waals surface area (Å²) in [6, 6.07) is 2.04. The van der Waals surface area contributed by atoms with Crippen LogP contribution in [0.15, 0.2) is 23.5 Å². The van der Waals surface area contributed by atoms with E-state index in [4.69, 9.17) is 5.73 Å². The van der Waals surface area contributed by atoms with Gasteiger partial charge in [-0.1, -0.05) is 0 Å². The predicted molar refractivity (Wildman–Crippen MR) is 63.6 cm³/mol. The molecule has 0 unspecified atom stereocenters. The standard InChI is InChI=1S/C11H20N4/c1-11(2,3)14-10(12)13-7-9-5-6-15(4)8-9/h5-6,8H,7H2,1-4H3,(H3,12,13,14). The van der Waals surface area contributed by atoms with E-state index in [1.54, 1.807) is 0 Å². The third-order valence-corrected chi connectivity index (χ3v) is 1.83. The largest absolute Gasteiger partial charge is 0.370 e. The van der Waals surface area contributed by atoms with Crippen LogP contribution in [-0.2, 0) is 13.6 Å². The zero-order valence-corrected chi connectivity index (χ0v) is 9.91. The van der Waals surface area contributed by atoms with Crippen LogP contribution in [0.25, 0.3) is 0 Å². The Bertz CT molecular complexity index is 344. The predicted octanol–water partition coefficient (Wildman–Crippen LogP) is 1.23. The van der Waals surface area contributed by atoms with Crippen LogP contribution < -0.4 is 11.1 Å². The number of aromatic nitrogens is 1. The van der Waals surface area contributed by atoms with Gasteiger partial charge in [0.1, 0.15) is 0 Å². The molecule has 0 spiro atoms. The summed E-state index contributed by atoms with van der Waals surface area (Å²) in [5.41, 5.74) is 6.87. The molecule has 3 N–H and O–H groups in total. The van der Waals surface area contributed by atoms with E-state index in [2.05, 4.69) is 31.1 Å². The first-order valence-electron chi connectivity index (χ1n) is 5.06. The molecule has 0 amide bonds. The first kappa shape index (κ1) is 11.6.